The second-order valence-corrected chi connectivity index (χ2v) is 12.5. The lowest BCUT2D eigenvalue weighted by molar-refractivity contribution is -0.123. The highest BCUT2D eigenvalue weighted by molar-refractivity contribution is 6.23. The Morgan fingerprint density at radius 3 is 2.06 bits per heavy atom. The Hall–Kier alpha value is -5.77. The fourth-order valence-electron chi connectivity index (χ4n) is 7.07. The molecule has 2 aliphatic heterocycles. The number of imide groups is 1. The maximum Gasteiger partial charge on any atom is 0.319 e. The van der Waals surface area contributed by atoms with Crippen LogP contribution in [0.25, 0.3) is 0 Å². The molecule has 1 aliphatic carbocycles. The van der Waals surface area contributed by atoms with Crippen LogP contribution < -0.4 is 20.4 Å². The Kier molecular flexibility index (Phi) is 8.22. The van der Waals surface area contributed by atoms with Crippen LogP contribution in [0.4, 0.5) is 21.9 Å². The summed E-state index contributed by atoms with van der Waals surface area (Å²) < 4.78 is 0. The predicted octanol–water partition coefficient (Wildman–Crippen LogP) is 5.91. The average Bonchev–Trinajstić information content (AvgIpc) is 3.65. The van der Waals surface area contributed by atoms with Crippen LogP contribution >= 0.6 is 0 Å². The summed E-state index contributed by atoms with van der Waals surface area (Å²) in [5.41, 5.74) is 4.19. The summed E-state index contributed by atoms with van der Waals surface area (Å²) in [4.78, 5) is 71.6. The van der Waals surface area contributed by atoms with Gasteiger partial charge in [0.05, 0.1) is 41.0 Å². The van der Waals surface area contributed by atoms with E-state index in [1.54, 1.807) is 46.2 Å². The first-order valence-corrected chi connectivity index (χ1v) is 16.2. The molecule has 0 aromatic heterocycles. The molecule has 3 aliphatic rings. The molecule has 1 fully saturated rings. The van der Waals surface area contributed by atoms with Gasteiger partial charge in [0.1, 0.15) is 6.54 Å². The number of para-hydroxylation sites is 2. The van der Waals surface area contributed by atoms with Crippen molar-refractivity contribution in [3.8, 4) is 0 Å². The smallest absolute Gasteiger partial charge is 0.319 e. The zero-order chi connectivity index (χ0) is 33.4. The Labute approximate surface area is 278 Å². The number of hydrogen-bond acceptors (Lipinski definition) is 5. The molecular formula is C38H35N5O5. The van der Waals surface area contributed by atoms with E-state index in [0.717, 1.165) is 22.4 Å². The largest absolute Gasteiger partial charge is 0.331 e. The minimum absolute atomic E-state index is 0.0718. The first-order chi connectivity index (χ1) is 23.3. The molecule has 4 aromatic rings. The van der Waals surface area contributed by atoms with E-state index < -0.39 is 36.2 Å². The number of nitrogens with zero attached hydrogens (tertiary/aromatic N) is 3. The molecule has 10 heteroatoms. The summed E-state index contributed by atoms with van der Waals surface area (Å²) in [5, 5.41) is 5.81. The molecule has 0 saturated heterocycles. The van der Waals surface area contributed by atoms with E-state index >= 15 is 0 Å². The molecule has 7 rings (SSSR count). The van der Waals surface area contributed by atoms with Gasteiger partial charge in [-0.25, -0.2) is 4.79 Å². The zero-order valence-electron chi connectivity index (χ0n) is 26.5. The van der Waals surface area contributed by atoms with E-state index in [-0.39, 0.29) is 35.7 Å². The molecular weight excluding hydrogens is 606 g/mol. The van der Waals surface area contributed by atoms with Crippen molar-refractivity contribution in [3.05, 3.63) is 125 Å². The summed E-state index contributed by atoms with van der Waals surface area (Å²) in [5.74, 6) is -1.89. The van der Waals surface area contributed by atoms with Gasteiger partial charge in [0, 0.05) is 11.7 Å². The minimum Gasteiger partial charge on any atom is -0.331 e. The van der Waals surface area contributed by atoms with Crippen molar-refractivity contribution >= 4 is 46.7 Å². The molecule has 3 unspecified atom stereocenters. The Morgan fingerprint density at radius 2 is 1.38 bits per heavy atom. The molecule has 1 saturated carbocycles. The normalized spacial score (nSPS) is 18.9. The van der Waals surface area contributed by atoms with Gasteiger partial charge < -0.3 is 20.4 Å². The molecule has 4 aromatic carbocycles. The maximum atomic E-state index is 14.2. The van der Waals surface area contributed by atoms with Gasteiger partial charge in [-0.05, 0) is 67.3 Å². The maximum absolute atomic E-state index is 14.2. The van der Waals surface area contributed by atoms with Crippen molar-refractivity contribution in [2.75, 3.05) is 21.7 Å². The van der Waals surface area contributed by atoms with Crippen LogP contribution in [0.1, 0.15) is 64.1 Å². The summed E-state index contributed by atoms with van der Waals surface area (Å²) >= 11 is 0. The third-order valence-electron chi connectivity index (χ3n) is 9.47. The highest BCUT2D eigenvalue weighted by atomic mass is 16.2. The van der Waals surface area contributed by atoms with Crippen LogP contribution in [0.15, 0.2) is 103 Å². The summed E-state index contributed by atoms with van der Waals surface area (Å²) in [6.07, 6.45) is 2.04. The van der Waals surface area contributed by atoms with Crippen LogP contribution in [0.2, 0.25) is 0 Å². The lowest BCUT2D eigenvalue weighted by Crippen LogP contribution is -2.49. The van der Waals surface area contributed by atoms with Crippen molar-refractivity contribution in [2.45, 2.75) is 44.8 Å². The fraction of sp³-hybridized carbons (Fsp3) is 0.237. The number of nitrogens with one attached hydrogen (secondary N) is 2. The monoisotopic (exact) mass is 641 g/mol. The molecule has 242 valence electrons. The Morgan fingerprint density at radius 1 is 0.750 bits per heavy atom. The fourth-order valence-corrected chi connectivity index (χ4v) is 7.07. The van der Waals surface area contributed by atoms with Gasteiger partial charge in [-0.3, -0.25) is 24.1 Å². The number of fused-ring (bicyclic) bond motifs is 3. The number of hydrogen-bond donors (Lipinski definition) is 2. The molecule has 2 N–H and O–H groups in total. The third-order valence-corrected chi connectivity index (χ3v) is 9.47. The molecule has 48 heavy (non-hydrogen) atoms. The summed E-state index contributed by atoms with van der Waals surface area (Å²) in [7, 11) is 0. The van der Waals surface area contributed by atoms with Crippen LogP contribution in [-0.2, 0) is 16.1 Å². The molecule has 10 nitrogen and oxygen atoms in total. The molecule has 3 atom stereocenters. The number of rotatable bonds is 7. The quantitative estimate of drug-likeness (QED) is 0.243. The van der Waals surface area contributed by atoms with Gasteiger partial charge in [0.2, 0.25) is 11.8 Å². The van der Waals surface area contributed by atoms with Crippen LogP contribution in [-0.4, -0.2) is 47.1 Å². The topological polar surface area (TPSA) is 119 Å². The van der Waals surface area contributed by atoms with Gasteiger partial charge in [0.25, 0.3) is 11.8 Å². The van der Waals surface area contributed by atoms with Crippen molar-refractivity contribution in [2.24, 2.45) is 5.92 Å². The lowest BCUT2D eigenvalue weighted by Gasteiger charge is -2.31. The highest BCUT2D eigenvalue weighted by Crippen LogP contribution is 2.43. The minimum atomic E-state index is -0.492. The number of benzene rings is 4. The molecule has 6 amide bonds. The standard InChI is InChI=1S/C38H35N5O5/c1-24(26-10-3-2-4-11-26)39-38(48)40-27-20-18-25(19-21-27)22-41-32-15-7-8-16-33(32)43(31-17-9-14-30(31)37(41)47)34(44)23-42-35(45)28-12-5-6-13-29(28)36(42)46/h2-8,10-13,15-16,18-21,24,30-31H,9,14,17,22-23H2,1H3,(H2,39,40,48). The van der Waals surface area contributed by atoms with Crippen LogP contribution in [0, 0.1) is 5.92 Å². The first kappa shape index (κ1) is 30.9. The number of anilines is 3. The van der Waals surface area contributed by atoms with Crippen molar-refractivity contribution in [1.82, 2.24) is 10.2 Å². The van der Waals surface area contributed by atoms with E-state index in [1.165, 1.54) is 0 Å². The number of carbonyl (C=O) groups is 5. The van der Waals surface area contributed by atoms with Crippen LogP contribution in [0.5, 0.6) is 0 Å². The van der Waals surface area contributed by atoms with E-state index in [4.69, 9.17) is 0 Å². The Bertz CT molecular complexity index is 1880. The zero-order valence-corrected chi connectivity index (χ0v) is 26.5. The molecule has 0 radical (unpaired) electrons. The van der Waals surface area contributed by atoms with Gasteiger partial charge in [-0.15, -0.1) is 0 Å². The summed E-state index contributed by atoms with van der Waals surface area (Å²) in [6.45, 7) is 1.77. The summed E-state index contributed by atoms with van der Waals surface area (Å²) in [6, 6.07) is 30.0. The second kappa shape index (κ2) is 12.8. The van der Waals surface area contributed by atoms with Crippen molar-refractivity contribution < 1.29 is 24.0 Å². The molecule has 0 bridgehead atoms. The highest BCUT2D eigenvalue weighted by Gasteiger charge is 2.47. The van der Waals surface area contributed by atoms with Crippen molar-refractivity contribution in [3.63, 3.8) is 0 Å². The van der Waals surface area contributed by atoms with Crippen molar-refractivity contribution in [1.29, 1.82) is 0 Å². The van der Waals surface area contributed by atoms with Crippen LogP contribution in [0.3, 0.4) is 0 Å². The average molecular weight is 642 g/mol. The van der Waals surface area contributed by atoms with Gasteiger partial charge in [-0.2, -0.15) is 0 Å². The molecule has 2 heterocycles. The third kappa shape index (κ3) is 5.70. The Balaban J connectivity index is 1.10. The van der Waals surface area contributed by atoms with Gasteiger partial charge in [-0.1, -0.05) is 73.2 Å². The van der Waals surface area contributed by atoms with E-state index in [9.17, 15) is 24.0 Å². The number of urea groups is 1. The first-order valence-electron chi connectivity index (χ1n) is 16.2. The van der Waals surface area contributed by atoms with E-state index in [2.05, 4.69) is 10.6 Å². The van der Waals surface area contributed by atoms with Gasteiger partial charge >= 0.3 is 6.03 Å². The number of carbonyl (C=O) groups excluding carboxylic acids is 5. The van der Waals surface area contributed by atoms with E-state index in [0.29, 0.717) is 29.9 Å². The number of amides is 6. The van der Waals surface area contributed by atoms with Gasteiger partial charge in [0.15, 0.2) is 0 Å². The lowest BCUT2D eigenvalue weighted by atomic mass is 10.0. The van der Waals surface area contributed by atoms with E-state index in [1.807, 2.05) is 73.7 Å². The SMILES string of the molecule is CC(NC(=O)Nc1ccc(CN2C(=O)C3CCCC3N(C(=O)CN3C(=O)c4ccccc4C3=O)c3ccccc32)cc1)c1ccccc1. The molecule has 0 spiro atoms. The second-order valence-electron chi connectivity index (χ2n) is 12.5. The predicted molar refractivity (Wildman–Crippen MR) is 182 cm³/mol.